The van der Waals surface area contributed by atoms with Gasteiger partial charge in [0.2, 0.25) is 0 Å². The van der Waals surface area contributed by atoms with Gasteiger partial charge in [-0.15, -0.1) is 0 Å². The second-order valence-electron chi connectivity index (χ2n) is 5.67. The van der Waals surface area contributed by atoms with Crippen LogP contribution >= 0.6 is 0 Å². The van der Waals surface area contributed by atoms with E-state index in [0.717, 1.165) is 10.9 Å². The Morgan fingerprint density at radius 1 is 1.05 bits per heavy atom. The molecule has 0 saturated heterocycles. The van der Waals surface area contributed by atoms with E-state index in [0.29, 0.717) is 5.92 Å². The van der Waals surface area contributed by atoms with Gasteiger partial charge in [-0.05, 0) is 42.7 Å². The van der Waals surface area contributed by atoms with E-state index < -0.39 is 6.10 Å². The maximum atomic E-state index is 10.3. The molecule has 1 N–H and O–H groups in total. The van der Waals surface area contributed by atoms with E-state index in [-0.39, 0.29) is 0 Å². The first kappa shape index (κ1) is 13.1. The second-order valence-corrected chi connectivity index (χ2v) is 5.67. The highest BCUT2D eigenvalue weighted by molar-refractivity contribution is 5.87. The Labute approximate surface area is 120 Å². The summed E-state index contributed by atoms with van der Waals surface area (Å²) in [7, 11) is 0. The lowest BCUT2D eigenvalue weighted by Gasteiger charge is -2.20. The molecule has 0 aromatic heterocycles. The topological polar surface area (TPSA) is 20.2 Å². The number of benzene rings is 2. The lowest BCUT2D eigenvalue weighted by molar-refractivity contribution is 0.199. The van der Waals surface area contributed by atoms with Gasteiger partial charge in [0.25, 0.3) is 0 Å². The number of fused-ring (bicyclic) bond motifs is 1. The van der Waals surface area contributed by atoms with Crippen LogP contribution in [0.4, 0.5) is 0 Å². The Bertz CT molecular complexity index is 720. The van der Waals surface area contributed by atoms with Crippen molar-refractivity contribution in [2.45, 2.75) is 32.8 Å². The molecule has 1 aliphatic carbocycles. The van der Waals surface area contributed by atoms with Gasteiger partial charge in [-0.3, -0.25) is 0 Å². The van der Waals surface area contributed by atoms with E-state index in [9.17, 15) is 5.11 Å². The zero-order valence-electron chi connectivity index (χ0n) is 12.2. The van der Waals surface area contributed by atoms with Crippen LogP contribution in [0, 0.1) is 0 Å². The summed E-state index contributed by atoms with van der Waals surface area (Å²) in [5.41, 5.74) is 5.00. The third-order valence-corrected chi connectivity index (χ3v) is 4.38. The van der Waals surface area contributed by atoms with Gasteiger partial charge in [-0.1, -0.05) is 59.7 Å². The summed E-state index contributed by atoms with van der Waals surface area (Å²) in [6.45, 7) is 6.19. The summed E-state index contributed by atoms with van der Waals surface area (Å²) < 4.78 is 0. The first-order valence-corrected chi connectivity index (χ1v) is 7.14. The van der Waals surface area contributed by atoms with Crippen molar-refractivity contribution in [3.63, 3.8) is 0 Å². The van der Waals surface area contributed by atoms with Gasteiger partial charge in [0, 0.05) is 5.92 Å². The SMILES string of the molecule is CC1=C(C)C(c2ccc3ccccc3c2C(C)O)C=C1. The first-order valence-electron chi connectivity index (χ1n) is 7.14. The molecular formula is C19H20O. The maximum Gasteiger partial charge on any atom is 0.0770 e. The lowest BCUT2D eigenvalue weighted by Crippen LogP contribution is -2.04. The van der Waals surface area contributed by atoms with Crippen LogP contribution in [0.3, 0.4) is 0 Å². The van der Waals surface area contributed by atoms with Crippen molar-refractivity contribution >= 4 is 10.8 Å². The predicted octanol–water partition coefficient (Wildman–Crippen LogP) is 4.88. The fraction of sp³-hybridized carbons (Fsp3) is 0.263. The van der Waals surface area contributed by atoms with Gasteiger partial charge in [0.05, 0.1) is 6.10 Å². The molecule has 0 aliphatic heterocycles. The normalized spacial score (nSPS) is 19.9. The van der Waals surface area contributed by atoms with Gasteiger partial charge in [-0.2, -0.15) is 0 Å². The summed E-state index contributed by atoms with van der Waals surface area (Å²) in [5.74, 6) is 0.296. The monoisotopic (exact) mass is 264 g/mol. The molecule has 20 heavy (non-hydrogen) atoms. The van der Waals surface area contributed by atoms with E-state index in [1.54, 1.807) is 0 Å². The van der Waals surface area contributed by atoms with Gasteiger partial charge >= 0.3 is 0 Å². The molecule has 0 spiro atoms. The Balaban J connectivity index is 2.27. The molecule has 2 aromatic carbocycles. The molecule has 1 heteroatoms. The molecule has 3 rings (SSSR count). The molecule has 0 fully saturated rings. The minimum Gasteiger partial charge on any atom is -0.389 e. The van der Waals surface area contributed by atoms with Crippen molar-refractivity contribution in [2.75, 3.05) is 0 Å². The highest BCUT2D eigenvalue weighted by Gasteiger charge is 2.22. The van der Waals surface area contributed by atoms with Crippen molar-refractivity contribution in [3.8, 4) is 0 Å². The average Bonchev–Trinajstić information content (AvgIpc) is 2.77. The van der Waals surface area contributed by atoms with E-state index in [4.69, 9.17) is 0 Å². The molecule has 0 radical (unpaired) electrons. The quantitative estimate of drug-likeness (QED) is 0.819. The number of hydrogen-bond donors (Lipinski definition) is 1. The fourth-order valence-corrected chi connectivity index (χ4v) is 3.15. The van der Waals surface area contributed by atoms with Crippen molar-refractivity contribution in [2.24, 2.45) is 0 Å². The van der Waals surface area contributed by atoms with Gasteiger partial charge in [0.15, 0.2) is 0 Å². The van der Waals surface area contributed by atoms with Gasteiger partial charge in [-0.25, -0.2) is 0 Å². The summed E-state index contributed by atoms with van der Waals surface area (Å²) in [5, 5.41) is 12.6. The van der Waals surface area contributed by atoms with Crippen LogP contribution in [0.15, 0.2) is 59.7 Å². The molecule has 1 aliphatic rings. The van der Waals surface area contributed by atoms with Crippen molar-refractivity contribution in [1.82, 2.24) is 0 Å². The van der Waals surface area contributed by atoms with Crippen LogP contribution in [0.25, 0.3) is 10.8 Å². The maximum absolute atomic E-state index is 10.3. The van der Waals surface area contributed by atoms with Crippen LogP contribution in [0.2, 0.25) is 0 Å². The van der Waals surface area contributed by atoms with Gasteiger partial charge in [0.1, 0.15) is 0 Å². The minimum atomic E-state index is -0.460. The predicted molar refractivity (Wildman–Crippen MR) is 84.8 cm³/mol. The first-order chi connectivity index (χ1) is 9.59. The van der Waals surface area contributed by atoms with Crippen molar-refractivity contribution < 1.29 is 5.11 Å². The van der Waals surface area contributed by atoms with Crippen LogP contribution in [0.1, 0.15) is 43.9 Å². The van der Waals surface area contributed by atoms with Crippen molar-refractivity contribution in [3.05, 3.63) is 70.8 Å². The third-order valence-electron chi connectivity index (χ3n) is 4.38. The molecule has 2 atom stereocenters. The highest BCUT2D eigenvalue weighted by Crippen LogP contribution is 2.39. The molecule has 2 aromatic rings. The van der Waals surface area contributed by atoms with Crippen molar-refractivity contribution in [1.29, 1.82) is 0 Å². The molecule has 0 saturated carbocycles. The molecule has 0 bridgehead atoms. The van der Waals surface area contributed by atoms with E-state index in [1.165, 1.54) is 22.1 Å². The number of aliphatic hydroxyl groups excluding tert-OH is 1. The average molecular weight is 264 g/mol. The molecule has 2 unspecified atom stereocenters. The lowest BCUT2D eigenvalue weighted by atomic mass is 9.85. The summed E-state index contributed by atoms with van der Waals surface area (Å²) in [4.78, 5) is 0. The Kier molecular flexibility index (Phi) is 3.23. The van der Waals surface area contributed by atoms with Crippen LogP contribution in [-0.4, -0.2) is 5.11 Å². The number of aliphatic hydroxyl groups is 1. The van der Waals surface area contributed by atoms with Gasteiger partial charge < -0.3 is 5.11 Å². The molecule has 0 amide bonds. The largest absolute Gasteiger partial charge is 0.389 e. The molecule has 0 heterocycles. The number of hydrogen-bond acceptors (Lipinski definition) is 1. The Morgan fingerprint density at radius 3 is 2.45 bits per heavy atom. The summed E-state index contributed by atoms with van der Waals surface area (Å²) in [6, 6.07) is 12.6. The minimum absolute atomic E-state index is 0.296. The van der Waals surface area contributed by atoms with E-state index in [2.05, 4.69) is 50.3 Å². The molecule has 1 nitrogen and oxygen atoms in total. The highest BCUT2D eigenvalue weighted by atomic mass is 16.3. The number of allylic oxidation sites excluding steroid dienone is 4. The van der Waals surface area contributed by atoms with Crippen LogP contribution in [-0.2, 0) is 0 Å². The van der Waals surface area contributed by atoms with Crippen LogP contribution < -0.4 is 0 Å². The van der Waals surface area contributed by atoms with E-state index in [1.807, 2.05) is 19.1 Å². The summed E-state index contributed by atoms with van der Waals surface area (Å²) >= 11 is 0. The standard InChI is InChI=1S/C19H20O/c1-12-8-10-16(13(12)2)18-11-9-15-6-4-5-7-17(15)19(18)14(3)20/h4-11,14,16,20H,1-3H3. The smallest absolute Gasteiger partial charge is 0.0770 e. The zero-order valence-corrected chi connectivity index (χ0v) is 12.2. The fourth-order valence-electron chi connectivity index (χ4n) is 3.15. The molecule has 102 valence electrons. The second kappa shape index (κ2) is 4.92. The molecular weight excluding hydrogens is 244 g/mol. The Morgan fingerprint density at radius 2 is 1.80 bits per heavy atom. The third kappa shape index (κ3) is 1.99. The number of rotatable bonds is 2. The Hall–Kier alpha value is -1.86. The van der Waals surface area contributed by atoms with Crippen LogP contribution in [0.5, 0.6) is 0 Å². The van der Waals surface area contributed by atoms with E-state index >= 15 is 0 Å². The summed E-state index contributed by atoms with van der Waals surface area (Å²) in [6.07, 6.45) is 3.96. The zero-order chi connectivity index (χ0) is 14.3.